The van der Waals surface area contributed by atoms with Crippen molar-refractivity contribution in [3.8, 4) is 17.1 Å². The zero-order chi connectivity index (χ0) is 42.1. The Morgan fingerprint density at radius 1 is 0.862 bits per heavy atom. The highest BCUT2D eigenvalue weighted by atomic mass is 35.5. The number of carbonyl (C=O) groups is 5. The lowest BCUT2D eigenvalue weighted by atomic mass is 9.95. The predicted octanol–water partition coefficient (Wildman–Crippen LogP) is 4.88. The molecule has 4 aromatic rings. The molecule has 0 bridgehead atoms. The number of hydrogen-bond acceptors (Lipinski definition) is 9. The van der Waals surface area contributed by atoms with Crippen molar-refractivity contribution >= 4 is 47.0 Å². The van der Waals surface area contributed by atoms with E-state index in [-0.39, 0.29) is 75.6 Å². The fourth-order valence-electron chi connectivity index (χ4n) is 6.71. The Morgan fingerprint density at radius 2 is 1.53 bits per heavy atom. The van der Waals surface area contributed by atoms with Crippen molar-refractivity contribution in [1.82, 2.24) is 44.3 Å². The molecular weight excluding hydrogens is 785 g/mol. The van der Waals surface area contributed by atoms with Crippen LogP contribution in [0.25, 0.3) is 17.1 Å². The number of halogens is 4. The van der Waals surface area contributed by atoms with Crippen LogP contribution in [0.15, 0.2) is 48.9 Å². The van der Waals surface area contributed by atoms with E-state index < -0.39 is 35.4 Å². The standard InChI is InChI=1S/C38H42ClF3N10O6/c1-37(2,3)58-36(57)51-12-10-22(11-13-51)34(55)49-14-16-50(17-15-49)35(56)25-8-7-24(18-27(25)39)46-33(54)31-45-20-28(48(31)5)26-21-52(47-30(26)38(40,41)42)29-9-6-23(19-44-29)32(53)43-4/h6-9,18-22H,10-17H2,1-5H3,(H,43,53)(H,46,54). The number of nitrogens with zero attached hydrogens (tertiary/aromatic N) is 8. The molecule has 308 valence electrons. The molecular formula is C38H42ClF3N10O6. The molecule has 3 aromatic heterocycles. The number of benzene rings is 1. The summed E-state index contributed by atoms with van der Waals surface area (Å²) in [6.07, 6.45) is -0.784. The minimum absolute atomic E-state index is 0.00662. The number of likely N-dealkylation sites (tertiary alicyclic amines) is 1. The van der Waals surface area contributed by atoms with Gasteiger partial charge in [-0.1, -0.05) is 11.6 Å². The molecule has 5 amide bonds. The number of amides is 5. The van der Waals surface area contributed by atoms with Crippen LogP contribution in [0.5, 0.6) is 0 Å². The second kappa shape index (κ2) is 16.5. The second-order valence-corrected chi connectivity index (χ2v) is 15.3. The zero-order valence-corrected chi connectivity index (χ0v) is 33.1. The van der Waals surface area contributed by atoms with Crippen molar-refractivity contribution in [3.05, 3.63) is 76.6 Å². The summed E-state index contributed by atoms with van der Waals surface area (Å²) in [5, 5.41) is 8.82. The maximum atomic E-state index is 14.2. The van der Waals surface area contributed by atoms with E-state index in [4.69, 9.17) is 16.3 Å². The van der Waals surface area contributed by atoms with Crippen molar-refractivity contribution < 1.29 is 41.9 Å². The molecule has 2 fully saturated rings. The molecule has 2 aliphatic heterocycles. The predicted molar refractivity (Wildman–Crippen MR) is 204 cm³/mol. The number of alkyl halides is 3. The first-order chi connectivity index (χ1) is 27.3. The van der Waals surface area contributed by atoms with Crippen LogP contribution in [0.3, 0.4) is 0 Å². The number of nitrogens with one attached hydrogen (secondary N) is 2. The van der Waals surface area contributed by atoms with Gasteiger partial charge in [0.15, 0.2) is 17.3 Å². The van der Waals surface area contributed by atoms with Crippen molar-refractivity contribution in [2.75, 3.05) is 51.6 Å². The quantitative estimate of drug-likeness (QED) is 0.263. The number of piperidine rings is 1. The Morgan fingerprint density at radius 3 is 2.12 bits per heavy atom. The van der Waals surface area contributed by atoms with E-state index in [1.165, 1.54) is 55.2 Å². The molecule has 5 heterocycles. The van der Waals surface area contributed by atoms with Crippen LogP contribution in [0.4, 0.5) is 23.7 Å². The van der Waals surface area contributed by atoms with Crippen LogP contribution in [0.1, 0.15) is 70.6 Å². The molecule has 2 N–H and O–H groups in total. The van der Waals surface area contributed by atoms with E-state index in [2.05, 4.69) is 25.7 Å². The summed E-state index contributed by atoms with van der Waals surface area (Å²) < 4.78 is 50.1. The van der Waals surface area contributed by atoms with Crippen molar-refractivity contribution in [1.29, 1.82) is 0 Å². The van der Waals surface area contributed by atoms with Gasteiger partial charge in [-0.3, -0.25) is 19.2 Å². The normalized spacial score (nSPS) is 15.3. The molecule has 0 saturated carbocycles. The van der Waals surface area contributed by atoms with Gasteiger partial charge in [-0.2, -0.15) is 18.3 Å². The zero-order valence-electron chi connectivity index (χ0n) is 32.4. The molecule has 0 radical (unpaired) electrons. The fraction of sp³-hybridized carbons (Fsp3) is 0.421. The molecule has 2 saturated heterocycles. The van der Waals surface area contributed by atoms with Gasteiger partial charge in [0.05, 0.1) is 33.6 Å². The third-order valence-corrected chi connectivity index (χ3v) is 10.1. The van der Waals surface area contributed by atoms with Crippen LogP contribution in [0, 0.1) is 5.92 Å². The van der Waals surface area contributed by atoms with E-state index in [1.807, 2.05) is 0 Å². The van der Waals surface area contributed by atoms with E-state index in [0.717, 1.165) is 17.1 Å². The monoisotopic (exact) mass is 826 g/mol. The largest absolute Gasteiger partial charge is 0.444 e. The number of piperazine rings is 1. The second-order valence-electron chi connectivity index (χ2n) is 14.9. The molecule has 58 heavy (non-hydrogen) atoms. The molecule has 0 aliphatic carbocycles. The summed E-state index contributed by atoms with van der Waals surface area (Å²) in [5.41, 5.74) is -1.67. The van der Waals surface area contributed by atoms with Gasteiger partial charge in [-0.15, -0.1) is 0 Å². The molecule has 0 unspecified atom stereocenters. The number of aromatic nitrogens is 5. The fourth-order valence-corrected chi connectivity index (χ4v) is 6.97. The Labute approximate surface area is 336 Å². The molecule has 6 rings (SSSR count). The van der Waals surface area contributed by atoms with Gasteiger partial charge in [0.2, 0.25) is 5.91 Å². The molecule has 1 aromatic carbocycles. The molecule has 0 atom stereocenters. The van der Waals surface area contributed by atoms with Gasteiger partial charge in [0.1, 0.15) is 5.60 Å². The third-order valence-electron chi connectivity index (χ3n) is 9.75. The summed E-state index contributed by atoms with van der Waals surface area (Å²) in [7, 11) is 2.81. The van der Waals surface area contributed by atoms with Crippen LogP contribution >= 0.6 is 11.6 Å². The SMILES string of the molecule is CNC(=O)c1ccc(-n2cc(-c3cnc(C(=O)Nc4ccc(C(=O)N5CCN(C(=O)C6CCN(C(=O)OC(C)(C)C)CC6)CC5)c(Cl)c4)n3C)c(C(F)(F)F)n2)nc1. The summed E-state index contributed by atoms with van der Waals surface area (Å²) in [6.45, 7) is 7.50. The van der Waals surface area contributed by atoms with Crippen molar-refractivity contribution in [2.24, 2.45) is 13.0 Å². The minimum Gasteiger partial charge on any atom is -0.444 e. The number of imidazole rings is 1. The summed E-state index contributed by atoms with van der Waals surface area (Å²) in [6, 6.07) is 7.05. The van der Waals surface area contributed by atoms with Gasteiger partial charge in [-0.05, 0) is 63.9 Å². The Bertz CT molecular complexity index is 2220. The van der Waals surface area contributed by atoms with E-state index in [1.54, 1.807) is 35.5 Å². The number of pyridine rings is 1. The highest BCUT2D eigenvalue weighted by Gasteiger charge is 2.39. The van der Waals surface area contributed by atoms with Gasteiger partial charge >= 0.3 is 12.3 Å². The number of carbonyl (C=O) groups excluding carboxylic acids is 5. The lowest BCUT2D eigenvalue weighted by molar-refractivity contribution is -0.141. The lowest BCUT2D eigenvalue weighted by Gasteiger charge is -2.38. The van der Waals surface area contributed by atoms with Gasteiger partial charge < -0.3 is 34.6 Å². The van der Waals surface area contributed by atoms with E-state index in [9.17, 15) is 37.1 Å². The van der Waals surface area contributed by atoms with Crippen LogP contribution < -0.4 is 10.6 Å². The maximum Gasteiger partial charge on any atom is 0.435 e. The van der Waals surface area contributed by atoms with Crippen LogP contribution in [-0.2, 0) is 22.8 Å². The number of rotatable bonds is 7. The highest BCUT2D eigenvalue weighted by molar-refractivity contribution is 6.34. The van der Waals surface area contributed by atoms with Crippen LogP contribution in [-0.4, -0.2) is 121 Å². The van der Waals surface area contributed by atoms with E-state index >= 15 is 0 Å². The first kappa shape index (κ1) is 41.6. The molecule has 20 heteroatoms. The first-order valence-corrected chi connectivity index (χ1v) is 18.8. The number of hydrogen-bond donors (Lipinski definition) is 2. The molecule has 2 aliphatic rings. The third kappa shape index (κ3) is 9.09. The molecule has 16 nitrogen and oxygen atoms in total. The summed E-state index contributed by atoms with van der Waals surface area (Å²) in [4.78, 5) is 77.4. The molecule has 0 spiro atoms. The minimum atomic E-state index is -4.88. The van der Waals surface area contributed by atoms with Crippen molar-refractivity contribution in [3.63, 3.8) is 0 Å². The van der Waals surface area contributed by atoms with Crippen molar-refractivity contribution in [2.45, 2.75) is 45.4 Å². The topological polar surface area (TPSA) is 177 Å². The first-order valence-electron chi connectivity index (χ1n) is 18.4. The summed E-state index contributed by atoms with van der Waals surface area (Å²) in [5.74, 6) is -1.96. The smallest absolute Gasteiger partial charge is 0.435 e. The lowest BCUT2D eigenvalue weighted by Crippen LogP contribution is -2.53. The average Bonchev–Trinajstić information content (AvgIpc) is 3.81. The van der Waals surface area contributed by atoms with Gasteiger partial charge in [0.25, 0.3) is 17.7 Å². The number of ether oxygens (including phenoxy) is 1. The summed E-state index contributed by atoms with van der Waals surface area (Å²) >= 11 is 6.52. The van der Waals surface area contributed by atoms with E-state index in [0.29, 0.717) is 39.0 Å². The Balaban J connectivity index is 1.07. The Hall–Kier alpha value is -5.98. The van der Waals surface area contributed by atoms with Gasteiger partial charge in [0, 0.05) is 77.4 Å². The average molecular weight is 827 g/mol. The van der Waals surface area contributed by atoms with Crippen LogP contribution in [0.2, 0.25) is 5.02 Å². The maximum absolute atomic E-state index is 14.2. The Kier molecular flexibility index (Phi) is 11.8. The highest BCUT2D eigenvalue weighted by Crippen LogP contribution is 2.37. The number of anilines is 1. The van der Waals surface area contributed by atoms with Gasteiger partial charge in [-0.25, -0.2) is 19.4 Å².